The Morgan fingerprint density at radius 3 is 2.89 bits per heavy atom. The van der Waals surface area contributed by atoms with E-state index >= 15 is 0 Å². The highest BCUT2D eigenvalue weighted by Gasteiger charge is 2.44. The molecule has 1 N–H and O–H groups in total. The lowest BCUT2D eigenvalue weighted by Gasteiger charge is -2.31. The number of likely N-dealkylation sites (N-methyl/N-ethyl adjacent to an activating group) is 1. The van der Waals surface area contributed by atoms with Crippen molar-refractivity contribution in [1.29, 1.82) is 0 Å². The first kappa shape index (κ1) is 12.6. The largest absolute Gasteiger partial charge is 0.371 e. The summed E-state index contributed by atoms with van der Waals surface area (Å²) in [4.78, 5) is 14.7. The summed E-state index contributed by atoms with van der Waals surface area (Å²) in [6, 6.07) is 9.63. The third-order valence-corrected chi connectivity index (χ3v) is 4.06. The van der Waals surface area contributed by atoms with Gasteiger partial charge in [-0.05, 0) is 25.1 Å². The fourth-order valence-corrected chi connectivity index (χ4v) is 3.03. The minimum absolute atomic E-state index is 0.0123. The summed E-state index contributed by atoms with van der Waals surface area (Å²) in [7, 11) is 0. The Kier molecular flexibility index (Phi) is 3.53. The summed E-state index contributed by atoms with van der Waals surface area (Å²) in [6.45, 7) is 5.02. The van der Waals surface area contributed by atoms with Crippen LogP contribution in [0.25, 0.3) is 0 Å². The molecule has 1 aromatic rings. The molecule has 0 aromatic heterocycles. The topological polar surface area (TPSA) is 41.6 Å². The molecule has 1 aromatic carbocycles. The van der Waals surface area contributed by atoms with E-state index in [1.165, 1.54) is 0 Å². The number of ether oxygens (including phenoxy) is 1. The molecule has 0 radical (unpaired) electrons. The number of rotatable bonds is 3. The molecule has 2 bridgehead atoms. The molecule has 0 spiro atoms. The van der Waals surface area contributed by atoms with Crippen LogP contribution in [0.5, 0.6) is 0 Å². The summed E-state index contributed by atoms with van der Waals surface area (Å²) in [5.74, 6) is 0.0819. The zero-order valence-corrected chi connectivity index (χ0v) is 11.2. The third kappa shape index (κ3) is 2.65. The molecule has 0 aliphatic carbocycles. The maximum absolute atomic E-state index is 12.3. The molecule has 2 aliphatic heterocycles. The number of anilines is 1. The van der Waals surface area contributed by atoms with E-state index < -0.39 is 0 Å². The molecule has 102 valence electrons. The van der Waals surface area contributed by atoms with Gasteiger partial charge in [0.05, 0.1) is 18.1 Å². The van der Waals surface area contributed by atoms with Crippen LogP contribution in [0.15, 0.2) is 30.3 Å². The number of nitrogens with zero attached hydrogens (tertiary/aromatic N) is 1. The van der Waals surface area contributed by atoms with E-state index in [4.69, 9.17) is 4.74 Å². The Labute approximate surface area is 113 Å². The molecule has 2 aliphatic rings. The average molecular weight is 260 g/mol. The molecule has 4 heteroatoms. The van der Waals surface area contributed by atoms with Crippen molar-refractivity contribution < 1.29 is 9.53 Å². The zero-order valence-electron chi connectivity index (χ0n) is 11.2. The molecule has 2 fully saturated rings. The van der Waals surface area contributed by atoms with Gasteiger partial charge in [-0.2, -0.15) is 0 Å². The van der Waals surface area contributed by atoms with Crippen molar-refractivity contribution in [3.63, 3.8) is 0 Å². The van der Waals surface area contributed by atoms with E-state index in [9.17, 15) is 4.79 Å². The van der Waals surface area contributed by atoms with Crippen molar-refractivity contribution in [2.24, 2.45) is 5.92 Å². The van der Waals surface area contributed by atoms with Gasteiger partial charge in [0.2, 0.25) is 5.91 Å². The second-order valence-corrected chi connectivity index (χ2v) is 5.35. The van der Waals surface area contributed by atoms with Gasteiger partial charge in [0.25, 0.3) is 0 Å². The number of morpholine rings is 1. The van der Waals surface area contributed by atoms with Gasteiger partial charge in [0.1, 0.15) is 0 Å². The minimum atomic E-state index is -0.0123. The first-order valence-corrected chi connectivity index (χ1v) is 7.00. The number of amides is 1. The van der Waals surface area contributed by atoms with Crippen LogP contribution in [0.2, 0.25) is 0 Å². The van der Waals surface area contributed by atoms with Crippen LogP contribution >= 0.6 is 0 Å². The Morgan fingerprint density at radius 2 is 2.16 bits per heavy atom. The number of carbonyl (C=O) groups is 1. The van der Waals surface area contributed by atoms with Crippen LogP contribution in [-0.4, -0.2) is 42.6 Å². The minimum Gasteiger partial charge on any atom is -0.371 e. The van der Waals surface area contributed by atoms with Gasteiger partial charge < -0.3 is 10.1 Å². The second-order valence-electron chi connectivity index (χ2n) is 5.35. The highest BCUT2D eigenvalue weighted by atomic mass is 16.5. The predicted molar refractivity (Wildman–Crippen MR) is 74.0 cm³/mol. The SMILES string of the molecule is CCN1C[C@H]2C[C@H](C(=O)Nc3ccccc3)[C@@H](C1)O2. The molecule has 1 amide bonds. The molecule has 19 heavy (non-hydrogen) atoms. The zero-order chi connectivity index (χ0) is 13.2. The normalized spacial score (nSPS) is 30.3. The molecular weight excluding hydrogens is 240 g/mol. The van der Waals surface area contributed by atoms with E-state index in [0.717, 1.165) is 31.7 Å². The van der Waals surface area contributed by atoms with E-state index in [1.807, 2.05) is 30.3 Å². The molecule has 2 saturated heterocycles. The first-order valence-electron chi connectivity index (χ1n) is 7.00. The van der Waals surface area contributed by atoms with E-state index in [0.29, 0.717) is 0 Å². The lowest BCUT2D eigenvalue weighted by Crippen LogP contribution is -2.44. The number of fused-ring (bicyclic) bond motifs is 2. The van der Waals surface area contributed by atoms with E-state index in [1.54, 1.807) is 0 Å². The van der Waals surface area contributed by atoms with Crippen LogP contribution in [0.4, 0.5) is 5.69 Å². The summed E-state index contributed by atoms with van der Waals surface area (Å²) in [6.07, 6.45) is 1.13. The van der Waals surface area contributed by atoms with Gasteiger partial charge in [0, 0.05) is 18.8 Å². The van der Waals surface area contributed by atoms with Crippen molar-refractivity contribution in [2.45, 2.75) is 25.6 Å². The van der Waals surface area contributed by atoms with Gasteiger partial charge in [-0.1, -0.05) is 25.1 Å². The Balaban J connectivity index is 1.65. The van der Waals surface area contributed by atoms with Crippen LogP contribution in [0.3, 0.4) is 0 Å². The Hall–Kier alpha value is -1.39. The van der Waals surface area contributed by atoms with Crippen molar-refractivity contribution >= 4 is 11.6 Å². The first-order chi connectivity index (χ1) is 9.26. The fourth-order valence-electron chi connectivity index (χ4n) is 3.03. The van der Waals surface area contributed by atoms with Gasteiger partial charge in [-0.3, -0.25) is 9.69 Å². The van der Waals surface area contributed by atoms with Crippen LogP contribution < -0.4 is 5.32 Å². The predicted octanol–water partition coefficient (Wildman–Crippen LogP) is 1.73. The van der Waals surface area contributed by atoms with Crippen LogP contribution in [0.1, 0.15) is 13.3 Å². The summed E-state index contributed by atoms with van der Waals surface area (Å²) >= 11 is 0. The summed E-state index contributed by atoms with van der Waals surface area (Å²) in [5, 5.41) is 2.99. The maximum Gasteiger partial charge on any atom is 0.230 e. The van der Waals surface area contributed by atoms with Crippen LogP contribution in [-0.2, 0) is 9.53 Å². The van der Waals surface area contributed by atoms with Crippen molar-refractivity contribution in [1.82, 2.24) is 4.90 Å². The monoisotopic (exact) mass is 260 g/mol. The Morgan fingerprint density at radius 1 is 1.37 bits per heavy atom. The highest BCUT2D eigenvalue weighted by Crippen LogP contribution is 2.32. The number of para-hydroxylation sites is 1. The summed E-state index contributed by atoms with van der Waals surface area (Å²) < 4.78 is 5.90. The number of nitrogens with one attached hydrogen (secondary N) is 1. The van der Waals surface area contributed by atoms with E-state index in [2.05, 4.69) is 17.1 Å². The molecule has 3 atom stereocenters. The standard InChI is InChI=1S/C15H20N2O2/c1-2-17-9-12-8-13(14(10-17)19-12)15(18)16-11-6-4-3-5-7-11/h3-7,12-14H,2,8-10H2,1H3,(H,16,18)/t12-,13+,14-/m1/s1. The smallest absolute Gasteiger partial charge is 0.230 e. The van der Waals surface area contributed by atoms with Gasteiger partial charge in [-0.15, -0.1) is 0 Å². The fraction of sp³-hybridized carbons (Fsp3) is 0.533. The van der Waals surface area contributed by atoms with Crippen molar-refractivity contribution in [3.8, 4) is 0 Å². The number of carbonyl (C=O) groups excluding carboxylic acids is 1. The lowest BCUT2D eigenvalue weighted by atomic mass is 9.99. The third-order valence-electron chi connectivity index (χ3n) is 4.06. The maximum atomic E-state index is 12.3. The average Bonchev–Trinajstić information content (AvgIpc) is 2.74. The summed E-state index contributed by atoms with van der Waals surface area (Å²) in [5.41, 5.74) is 0.862. The number of hydrogen-bond acceptors (Lipinski definition) is 3. The second kappa shape index (κ2) is 5.31. The van der Waals surface area contributed by atoms with Gasteiger partial charge in [0.15, 0.2) is 0 Å². The highest BCUT2D eigenvalue weighted by molar-refractivity contribution is 5.93. The van der Waals surface area contributed by atoms with E-state index in [-0.39, 0.29) is 24.0 Å². The molecule has 4 nitrogen and oxygen atoms in total. The number of benzene rings is 1. The quantitative estimate of drug-likeness (QED) is 0.900. The van der Waals surface area contributed by atoms with Crippen molar-refractivity contribution in [2.75, 3.05) is 25.0 Å². The van der Waals surface area contributed by atoms with Gasteiger partial charge in [-0.25, -0.2) is 0 Å². The molecule has 3 rings (SSSR count). The molecular formula is C15H20N2O2. The molecule has 0 unspecified atom stereocenters. The van der Waals surface area contributed by atoms with Crippen LogP contribution in [0, 0.1) is 5.92 Å². The molecule has 0 saturated carbocycles. The lowest BCUT2D eigenvalue weighted by molar-refractivity contribution is -0.122. The molecule has 2 heterocycles. The number of hydrogen-bond donors (Lipinski definition) is 1. The Bertz CT molecular complexity index is 449. The van der Waals surface area contributed by atoms with Crippen molar-refractivity contribution in [3.05, 3.63) is 30.3 Å². The number of likely N-dealkylation sites (tertiary alicyclic amines) is 1. The van der Waals surface area contributed by atoms with Gasteiger partial charge >= 0.3 is 0 Å².